The van der Waals surface area contributed by atoms with E-state index in [1.54, 1.807) is 18.5 Å². The zero-order chi connectivity index (χ0) is 13.9. The summed E-state index contributed by atoms with van der Waals surface area (Å²) in [6, 6.07) is 1.79. The number of hydrogen-bond donors (Lipinski definition) is 2. The molecular formula is C12H16N4O2S. The fraction of sp³-hybridized carbons (Fsp3) is 0.333. The normalized spacial score (nSPS) is 11.7. The molecule has 0 atom stereocenters. The number of hydrogen-bond acceptors (Lipinski definition) is 4. The number of H-pyrrole nitrogens is 1. The summed E-state index contributed by atoms with van der Waals surface area (Å²) in [7, 11) is -3.55. The van der Waals surface area contributed by atoms with E-state index in [1.807, 2.05) is 13.8 Å². The zero-order valence-electron chi connectivity index (χ0n) is 10.8. The van der Waals surface area contributed by atoms with Crippen LogP contribution in [0.3, 0.4) is 0 Å². The van der Waals surface area contributed by atoms with Crippen LogP contribution in [0.5, 0.6) is 0 Å². The van der Waals surface area contributed by atoms with Crippen LogP contribution in [0.2, 0.25) is 0 Å². The van der Waals surface area contributed by atoms with Crippen LogP contribution in [0.1, 0.15) is 23.9 Å². The smallest absolute Gasteiger partial charge is 0.257 e. The fourth-order valence-corrected chi connectivity index (χ4v) is 2.56. The van der Waals surface area contributed by atoms with E-state index in [-0.39, 0.29) is 11.6 Å². The van der Waals surface area contributed by atoms with Gasteiger partial charge in [-0.3, -0.25) is 4.98 Å². The third-order valence-electron chi connectivity index (χ3n) is 2.82. The molecule has 0 saturated heterocycles. The third kappa shape index (κ3) is 3.18. The van der Waals surface area contributed by atoms with E-state index >= 15 is 0 Å². The summed E-state index contributed by atoms with van der Waals surface area (Å²) in [6.45, 7) is 4.03. The molecule has 0 aromatic carbocycles. The molecule has 0 aliphatic rings. The highest BCUT2D eigenvalue weighted by atomic mass is 32.2. The lowest BCUT2D eigenvalue weighted by molar-refractivity contribution is 0.577. The van der Waals surface area contributed by atoms with Crippen molar-refractivity contribution in [1.29, 1.82) is 0 Å². The molecular weight excluding hydrogens is 264 g/mol. The molecule has 6 nitrogen and oxygen atoms in total. The minimum Gasteiger partial charge on any atom is -0.332 e. The van der Waals surface area contributed by atoms with Gasteiger partial charge in [0.15, 0.2) is 5.03 Å². The van der Waals surface area contributed by atoms with Crippen molar-refractivity contribution >= 4 is 10.0 Å². The summed E-state index contributed by atoms with van der Waals surface area (Å²) in [5, 5.41) is 0.0936. The Morgan fingerprint density at radius 3 is 2.79 bits per heavy atom. The average Bonchev–Trinajstić information content (AvgIpc) is 2.87. The van der Waals surface area contributed by atoms with Crippen molar-refractivity contribution in [2.24, 2.45) is 0 Å². The van der Waals surface area contributed by atoms with Crippen molar-refractivity contribution in [1.82, 2.24) is 19.7 Å². The number of aryl methyl sites for hydroxylation is 2. The highest BCUT2D eigenvalue weighted by Crippen LogP contribution is 2.09. The topological polar surface area (TPSA) is 87.7 Å². The maximum Gasteiger partial charge on any atom is 0.257 e. The number of imidazole rings is 1. The van der Waals surface area contributed by atoms with Crippen LogP contribution in [0.25, 0.3) is 0 Å². The largest absolute Gasteiger partial charge is 0.332 e. The van der Waals surface area contributed by atoms with Gasteiger partial charge in [0, 0.05) is 25.4 Å². The Morgan fingerprint density at radius 1 is 1.37 bits per heavy atom. The first-order valence-corrected chi connectivity index (χ1v) is 7.44. The molecule has 0 aliphatic heterocycles. The Hall–Kier alpha value is -1.73. The summed E-state index contributed by atoms with van der Waals surface area (Å²) in [6.07, 6.45) is 5.34. The van der Waals surface area contributed by atoms with Crippen molar-refractivity contribution in [3.8, 4) is 0 Å². The first-order valence-electron chi connectivity index (χ1n) is 5.96. The predicted molar refractivity (Wildman–Crippen MR) is 71.0 cm³/mol. The zero-order valence-corrected chi connectivity index (χ0v) is 11.7. The van der Waals surface area contributed by atoms with Crippen LogP contribution in [0.15, 0.2) is 29.7 Å². The van der Waals surface area contributed by atoms with Gasteiger partial charge in [-0.05, 0) is 24.1 Å². The molecule has 0 saturated carbocycles. The van der Waals surface area contributed by atoms with Crippen molar-refractivity contribution in [2.45, 2.75) is 31.8 Å². The van der Waals surface area contributed by atoms with Gasteiger partial charge >= 0.3 is 0 Å². The van der Waals surface area contributed by atoms with Crippen LogP contribution in [0, 0.1) is 6.92 Å². The van der Waals surface area contributed by atoms with Gasteiger partial charge in [-0.25, -0.2) is 18.1 Å². The van der Waals surface area contributed by atoms with Crippen LogP contribution < -0.4 is 4.72 Å². The second-order valence-corrected chi connectivity index (χ2v) is 5.91. The number of aromatic nitrogens is 3. The lowest BCUT2D eigenvalue weighted by Gasteiger charge is -2.06. The lowest BCUT2D eigenvalue weighted by Crippen LogP contribution is -2.24. The molecule has 0 bridgehead atoms. The summed E-state index contributed by atoms with van der Waals surface area (Å²) in [5.41, 5.74) is 1.85. The van der Waals surface area contributed by atoms with Crippen LogP contribution in [-0.4, -0.2) is 23.4 Å². The van der Waals surface area contributed by atoms with Crippen molar-refractivity contribution < 1.29 is 8.42 Å². The van der Waals surface area contributed by atoms with Crippen LogP contribution in [0.4, 0.5) is 0 Å². The SMILES string of the molecule is CCc1ncc(S(=O)(=O)NCc2ccncc2C)[nH]1. The van der Waals surface area contributed by atoms with Gasteiger partial charge < -0.3 is 4.98 Å². The summed E-state index contributed by atoms with van der Waals surface area (Å²) in [5.74, 6) is 0.653. The third-order valence-corrected chi connectivity index (χ3v) is 4.13. The molecule has 0 fully saturated rings. The van der Waals surface area contributed by atoms with Gasteiger partial charge in [0.1, 0.15) is 5.82 Å². The molecule has 0 aliphatic carbocycles. The highest BCUT2D eigenvalue weighted by molar-refractivity contribution is 7.89. The minimum atomic E-state index is -3.55. The molecule has 0 spiro atoms. The molecule has 2 aromatic heterocycles. The number of rotatable bonds is 5. The number of pyridine rings is 1. The van der Waals surface area contributed by atoms with Crippen LogP contribution >= 0.6 is 0 Å². The van der Waals surface area contributed by atoms with Gasteiger partial charge in [0.25, 0.3) is 10.0 Å². The molecule has 7 heteroatoms. The lowest BCUT2D eigenvalue weighted by atomic mass is 10.2. The van der Waals surface area contributed by atoms with Gasteiger partial charge in [0.05, 0.1) is 6.20 Å². The molecule has 102 valence electrons. The van der Waals surface area contributed by atoms with Crippen molar-refractivity contribution in [3.63, 3.8) is 0 Å². The van der Waals surface area contributed by atoms with E-state index in [1.165, 1.54) is 6.20 Å². The van der Waals surface area contributed by atoms with Crippen LogP contribution in [-0.2, 0) is 23.0 Å². The van der Waals surface area contributed by atoms with Gasteiger partial charge in [0.2, 0.25) is 0 Å². The maximum atomic E-state index is 12.0. The summed E-state index contributed by atoms with van der Waals surface area (Å²) in [4.78, 5) is 10.7. The quantitative estimate of drug-likeness (QED) is 0.860. The summed E-state index contributed by atoms with van der Waals surface area (Å²) < 4.78 is 26.6. The number of nitrogens with one attached hydrogen (secondary N) is 2. The maximum absolute atomic E-state index is 12.0. The Morgan fingerprint density at radius 2 is 2.16 bits per heavy atom. The molecule has 2 rings (SSSR count). The molecule has 2 aromatic rings. The second kappa shape index (κ2) is 5.50. The minimum absolute atomic E-state index is 0.0936. The Bertz CT molecular complexity index is 664. The predicted octanol–water partition coefficient (Wildman–Crippen LogP) is 1.15. The number of sulfonamides is 1. The molecule has 0 radical (unpaired) electrons. The first kappa shape index (κ1) is 13.7. The van der Waals surface area contributed by atoms with E-state index in [0.29, 0.717) is 12.2 Å². The molecule has 2 heterocycles. The van der Waals surface area contributed by atoms with E-state index in [2.05, 4.69) is 19.7 Å². The van der Waals surface area contributed by atoms with Gasteiger partial charge in [-0.15, -0.1) is 0 Å². The summed E-state index contributed by atoms with van der Waals surface area (Å²) >= 11 is 0. The molecule has 0 unspecified atom stereocenters. The van der Waals surface area contributed by atoms with Gasteiger partial charge in [-0.2, -0.15) is 0 Å². The van der Waals surface area contributed by atoms with Crippen molar-refractivity contribution in [2.75, 3.05) is 0 Å². The Labute approximate surface area is 112 Å². The van der Waals surface area contributed by atoms with E-state index < -0.39 is 10.0 Å². The Balaban J connectivity index is 2.12. The average molecular weight is 280 g/mol. The monoisotopic (exact) mass is 280 g/mol. The number of aromatic amines is 1. The fourth-order valence-electron chi connectivity index (χ4n) is 1.61. The van der Waals surface area contributed by atoms with E-state index in [0.717, 1.165) is 11.1 Å². The van der Waals surface area contributed by atoms with Gasteiger partial charge in [-0.1, -0.05) is 6.92 Å². The second-order valence-electron chi connectivity index (χ2n) is 4.17. The van der Waals surface area contributed by atoms with Crippen molar-refractivity contribution in [3.05, 3.63) is 41.6 Å². The molecule has 19 heavy (non-hydrogen) atoms. The van der Waals surface area contributed by atoms with E-state index in [9.17, 15) is 8.42 Å². The molecule has 2 N–H and O–H groups in total. The number of nitrogens with zero attached hydrogens (tertiary/aromatic N) is 2. The molecule has 0 amide bonds. The standard InChI is InChI=1S/C12H16N4O2S/c1-3-11-14-8-12(16-11)19(17,18)15-7-10-4-5-13-6-9(10)2/h4-6,8,15H,3,7H2,1-2H3,(H,14,16). The van der Waals surface area contributed by atoms with E-state index in [4.69, 9.17) is 0 Å². The highest BCUT2D eigenvalue weighted by Gasteiger charge is 2.16. The Kier molecular flexibility index (Phi) is 3.96. The first-order chi connectivity index (χ1) is 9.03.